The highest BCUT2D eigenvalue weighted by molar-refractivity contribution is 5.99. The first-order chi connectivity index (χ1) is 12.5. The van der Waals surface area contributed by atoms with Crippen LogP contribution in [-0.2, 0) is 20.9 Å². The van der Waals surface area contributed by atoms with Gasteiger partial charge in [0.05, 0.1) is 12.2 Å². The van der Waals surface area contributed by atoms with Gasteiger partial charge in [-0.2, -0.15) is 0 Å². The van der Waals surface area contributed by atoms with Gasteiger partial charge in [-0.15, -0.1) is 0 Å². The highest BCUT2D eigenvalue weighted by atomic mass is 16.5. The van der Waals surface area contributed by atoms with E-state index < -0.39 is 24.0 Å². The standard InChI is InChI=1S/C19H20N2O5/c1-20-19(24)21-17(22)16(14-8-4-3-5-9-14)26-18(23)15-10-6-7-13(11-15)12-25-2/h3-11,16H,12H2,1-2H3,(H2,20,21,22,24)/t16-/m1/s1. The molecule has 0 aliphatic heterocycles. The number of esters is 1. The van der Waals surface area contributed by atoms with Gasteiger partial charge < -0.3 is 14.8 Å². The molecule has 0 bridgehead atoms. The van der Waals surface area contributed by atoms with Crippen LogP contribution in [0, 0.1) is 0 Å². The average molecular weight is 356 g/mol. The molecule has 0 aromatic heterocycles. The lowest BCUT2D eigenvalue weighted by Crippen LogP contribution is -2.41. The summed E-state index contributed by atoms with van der Waals surface area (Å²) in [6, 6.07) is 14.5. The van der Waals surface area contributed by atoms with Gasteiger partial charge in [0.25, 0.3) is 5.91 Å². The van der Waals surface area contributed by atoms with Gasteiger partial charge in [0, 0.05) is 19.7 Å². The molecule has 3 amide bonds. The smallest absolute Gasteiger partial charge is 0.339 e. The van der Waals surface area contributed by atoms with Gasteiger partial charge in [-0.3, -0.25) is 10.1 Å². The van der Waals surface area contributed by atoms with E-state index in [9.17, 15) is 14.4 Å². The summed E-state index contributed by atoms with van der Waals surface area (Å²) in [7, 11) is 2.94. The third-order valence-corrected chi connectivity index (χ3v) is 3.50. The Kier molecular flexibility index (Phi) is 6.87. The number of carbonyl (C=O) groups excluding carboxylic acids is 3. The molecule has 0 radical (unpaired) electrons. The molecule has 26 heavy (non-hydrogen) atoms. The zero-order valence-corrected chi connectivity index (χ0v) is 14.5. The first-order valence-electron chi connectivity index (χ1n) is 7.91. The predicted molar refractivity (Wildman–Crippen MR) is 94.4 cm³/mol. The summed E-state index contributed by atoms with van der Waals surface area (Å²) >= 11 is 0. The summed E-state index contributed by atoms with van der Waals surface area (Å²) in [5.74, 6) is -1.42. The van der Waals surface area contributed by atoms with E-state index in [0.717, 1.165) is 5.56 Å². The molecule has 0 fully saturated rings. The van der Waals surface area contributed by atoms with E-state index >= 15 is 0 Å². The molecular formula is C19H20N2O5. The maximum Gasteiger partial charge on any atom is 0.339 e. The van der Waals surface area contributed by atoms with Crippen LogP contribution in [0.1, 0.15) is 27.6 Å². The fraction of sp³-hybridized carbons (Fsp3) is 0.211. The molecule has 2 rings (SSSR count). The van der Waals surface area contributed by atoms with Crippen molar-refractivity contribution in [3.8, 4) is 0 Å². The van der Waals surface area contributed by atoms with E-state index in [4.69, 9.17) is 9.47 Å². The zero-order valence-electron chi connectivity index (χ0n) is 14.5. The van der Waals surface area contributed by atoms with E-state index in [2.05, 4.69) is 10.6 Å². The largest absolute Gasteiger partial charge is 0.444 e. The Balaban J connectivity index is 2.23. The number of carbonyl (C=O) groups is 3. The SMILES string of the molecule is CNC(=O)NC(=O)[C@H](OC(=O)c1cccc(COC)c1)c1ccccc1. The van der Waals surface area contributed by atoms with Crippen LogP contribution >= 0.6 is 0 Å². The Hall–Kier alpha value is -3.19. The molecule has 0 heterocycles. The predicted octanol–water partition coefficient (Wildman–Crippen LogP) is 2.19. The van der Waals surface area contributed by atoms with Gasteiger partial charge in [-0.25, -0.2) is 9.59 Å². The lowest BCUT2D eigenvalue weighted by molar-refractivity contribution is -0.129. The first kappa shape index (κ1) is 19.1. The summed E-state index contributed by atoms with van der Waals surface area (Å²) < 4.78 is 10.4. The molecule has 0 saturated carbocycles. The molecule has 0 spiro atoms. The quantitative estimate of drug-likeness (QED) is 0.774. The number of ether oxygens (including phenoxy) is 2. The summed E-state index contributed by atoms with van der Waals surface area (Å²) in [5, 5.41) is 4.41. The fourth-order valence-electron chi connectivity index (χ4n) is 2.27. The third-order valence-electron chi connectivity index (χ3n) is 3.50. The molecule has 2 aromatic carbocycles. The molecule has 136 valence electrons. The van der Waals surface area contributed by atoms with Crippen molar-refractivity contribution in [2.75, 3.05) is 14.2 Å². The second-order valence-corrected chi connectivity index (χ2v) is 5.40. The molecular weight excluding hydrogens is 336 g/mol. The minimum Gasteiger partial charge on any atom is -0.444 e. The van der Waals surface area contributed by atoms with Crippen molar-refractivity contribution in [2.24, 2.45) is 0 Å². The number of methoxy groups -OCH3 is 1. The lowest BCUT2D eigenvalue weighted by Gasteiger charge is -2.17. The number of nitrogens with one attached hydrogen (secondary N) is 2. The molecule has 7 nitrogen and oxygen atoms in total. The van der Waals surface area contributed by atoms with Gasteiger partial charge in [-0.1, -0.05) is 42.5 Å². The highest BCUT2D eigenvalue weighted by Gasteiger charge is 2.27. The molecule has 0 saturated heterocycles. The molecule has 0 unspecified atom stereocenters. The van der Waals surface area contributed by atoms with Crippen molar-refractivity contribution in [1.29, 1.82) is 0 Å². The molecule has 7 heteroatoms. The number of hydrogen-bond acceptors (Lipinski definition) is 5. The third kappa shape index (κ3) is 5.15. The fourth-order valence-corrected chi connectivity index (χ4v) is 2.27. The normalized spacial score (nSPS) is 11.3. The topological polar surface area (TPSA) is 93.7 Å². The van der Waals surface area contributed by atoms with E-state index in [1.54, 1.807) is 55.6 Å². The van der Waals surface area contributed by atoms with Gasteiger partial charge in [0.2, 0.25) is 6.10 Å². The van der Waals surface area contributed by atoms with Crippen LogP contribution in [0.25, 0.3) is 0 Å². The highest BCUT2D eigenvalue weighted by Crippen LogP contribution is 2.20. The molecule has 0 aliphatic carbocycles. The average Bonchev–Trinajstić information content (AvgIpc) is 2.66. The van der Waals surface area contributed by atoms with Crippen molar-refractivity contribution in [2.45, 2.75) is 12.7 Å². The number of benzene rings is 2. The number of hydrogen-bond donors (Lipinski definition) is 2. The Bertz CT molecular complexity index is 777. The molecule has 2 aromatic rings. The van der Waals surface area contributed by atoms with Crippen molar-refractivity contribution < 1.29 is 23.9 Å². The van der Waals surface area contributed by atoms with Gasteiger partial charge in [0.1, 0.15) is 0 Å². The van der Waals surface area contributed by atoms with Crippen LogP contribution in [-0.4, -0.2) is 32.1 Å². The van der Waals surface area contributed by atoms with Crippen LogP contribution in [0.15, 0.2) is 54.6 Å². The van der Waals surface area contributed by atoms with Crippen LogP contribution in [0.5, 0.6) is 0 Å². The molecule has 2 N–H and O–H groups in total. The molecule has 1 atom stereocenters. The summed E-state index contributed by atoms with van der Waals surface area (Å²) in [6.45, 7) is 0.348. The van der Waals surface area contributed by atoms with Crippen LogP contribution in [0.2, 0.25) is 0 Å². The van der Waals surface area contributed by atoms with Crippen molar-refractivity contribution in [3.63, 3.8) is 0 Å². The number of urea groups is 1. The van der Waals surface area contributed by atoms with E-state index in [-0.39, 0.29) is 5.56 Å². The first-order valence-corrected chi connectivity index (χ1v) is 7.91. The maximum atomic E-state index is 12.5. The van der Waals surface area contributed by atoms with Crippen LogP contribution in [0.4, 0.5) is 4.79 Å². The van der Waals surface area contributed by atoms with Crippen molar-refractivity contribution in [3.05, 3.63) is 71.3 Å². The second kappa shape index (κ2) is 9.33. The monoisotopic (exact) mass is 356 g/mol. The number of amides is 3. The summed E-state index contributed by atoms with van der Waals surface area (Å²) in [4.78, 5) is 36.3. The summed E-state index contributed by atoms with van der Waals surface area (Å²) in [6.07, 6.45) is -1.26. The minimum absolute atomic E-state index is 0.285. The van der Waals surface area contributed by atoms with Crippen molar-refractivity contribution >= 4 is 17.9 Å². The van der Waals surface area contributed by atoms with E-state index in [0.29, 0.717) is 12.2 Å². The molecule has 0 aliphatic rings. The van der Waals surface area contributed by atoms with Crippen LogP contribution < -0.4 is 10.6 Å². The minimum atomic E-state index is -1.26. The maximum absolute atomic E-state index is 12.5. The lowest BCUT2D eigenvalue weighted by atomic mass is 10.1. The van der Waals surface area contributed by atoms with Gasteiger partial charge in [0.15, 0.2) is 0 Å². The van der Waals surface area contributed by atoms with Crippen LogP contribution in [0.3, 0.4) is 0 Å². The van der Waals surface area contributed by atoms with E-state index in [1.807, 2.05) is 6.07 Å². The second-order valence-electron chi connectivity index (χ2n) is 5.40. The Morgan fingerprint density at radius 1 is 1.04 bits per heavy atom. The van der Waals surface area contributed by atoms with Gasteiger partial charge >= 0.3 is 12.0 Å². The van der Waals surface area contributed by atoms with E-state index in [1.165, 1.54) is 7.05 Å². The Labute approximate surface area is 151 Å². The number of imide groups is 1. The number of rotatable bonds is 6. The van der Waals surface area contributed by atoms with Crippen molar-refractivity contribution in [1.82, 2.24) is 10.6 Å². The Morgan fingerprint density at radius 2 is 1.77 bits per heavy atom. The Morgan fingerprint density at radius 3 is 2.42 bits per heavy atom. The zero-order chi connectivity index (χ0) is 18.9. The summed E-state index contributed by atoms with van der Waals surface area (Å²) in [5.41, 5.74) is 1.54. The van der Waals surface area contributed by atoms with Gasteiger partial charge in [-0.05, 0) is 17.7 Å².